The van der Waals surface area contributed by atoms with E-state index in [2.05, 4.69) is 15.8 Å². The molecule has 124 valence electrons. The summed E-state index contributed by atoms with van der Waals surface area (Å²) in [4.78, 5) is 23.8. The molecule has 0 saturated carbocycles. The number of carbonyl (C=O) groups is 2. The summed E-state index contributed by atoms with van der Waals surface area (Å²) in [6.45, 7) is 1.63. The van der Waals surface area contributed by atoms with Crippen LogP contribution in [0.5, 0.6) is 5.75 Å². The zero-order valence-corrected chi connectivity index (χ0v) is 13.7. The van der Waals surface area contributed by atoms with E-state index in [4.69, 9.17) is 11.6 Å². The lowest BCUT2D eigenvalue weighted by molar-refractivity contribution is -0.115. The molecule has 3 N–H and O–H groups in total. The quantitative estimate of drug-likeness (QED) is 0.574. The minimum Gasteiger partial charge on any atom is -0.508 e. The predicted molar refractivity (Wildman–Crippen MR) is 93.4 cm³/mol. The minimum absolute atomic E-state index is 0.00995. The van der Waals surface area contributed by atoms with E-state index in [-0.39, 0.29) is 23.6 Å². The van der Waals surface area contributed by atoms with Crippen LogP contribution in [-0.4, -0.2) is 22.6 Å². The van der Waals surface area contributed by atoms with Gasteiger partial charge in [-0.2, -0.15) is 5.10 Å². The maximum absolute atomic E-state index is 11.9. The highest BCUT2D eigenvalue weighted by Gasteiger charge is 2.07. The fraction of sp³-hybridized carbons (Fsp3) is 0.118. The topological polar surface area (TPSA) is 90.8 Å². The second-order valence-corrected chi connectivity index (χ2v) is 5.51. The summed E-state index contributed by atoms with van der Waals surface area (Å²) in [7, 11) is 0. The van der Waals surface area contributed by atoms with E-state index in [9.17, 15) is 14.7 Å². The standard InChI is InChI=1S/C17H16ClN3O3/c1-11(8-16(23)19-14-6-3-5-13(18)10-14)20-21-17(24)12-4-2-7-15(22)9-12/h2-7,9-10,22H,8H2,1H3,(H,19,23)(H,21,24)/b20-11+. The molecule has 2 rings (SSSR count). The van der Waals surface area contributed by atoms with Crippen molar-refractivity contribution in [2.45, 2.75) is 13.3 Å². The molecule has 0 aliphatic heterocycles. The highest BCUT2D eigenvalue weighted by Crippen LogP contribution is 2.15. The van der Waals surface area contributed by atoms with E-state index in [0.717, 1.165) is 0 Å². The smallest absolute Gasteiger partial charge is 0.271 e. The molecule has 0 bridgehead atoms. The minimum atomic E-state index is -0.472. The number of hydrogen-bond acceptors (Lipinski definition) is 4. The van der Waals surface area contributed by atoms with E-state index in [1.165, 1.54) is 12.1 Å². The van der Waals surface area contributed by atoms with Crippen molar-refractivity contribution in [1.82, 2.24) is 5.43 Å². The van der Waals surface area contributed by atoms with Crippen molar-refractivity contribution in [2.75, 3.05) is 5.32 Å². The summed E-state index contributed by atoms with van der Waals surface area (Å²) in [5.74, 6) is -0.755. The van der Waals surface area contributed by atoms with Gasteiger partial charge in [0.2, 0.25) is 5.91 Å². The average molecular weight is 346 g/mol. The SMILES string of the molecule is C/C(CC(=O)Nc1cccc(Cl)c1)=N\NC(=O)c1cccc(O)c1. The van der Waals surface area contributed by atoms with E-state index >= 15 is 0 Å². The summed E-state index contributed by atoms with van der Waals surface area (Å²) >= 11 is 5.85. The van der Waals surface area contributed by atoms with Crippen LogP contribution >= 0.6 is 11.6 Å². The van der Waals surface area contributed by atoms with E-state index < -0.39 is 5.91 Å². The van der Waals surface area contributed by atoms with Gasteiger partial charge in [0.25, 0.3) is 5.91 Å². The van der Waals surface area contributed by atoms with Crippen molar-refractivity contribution in [3.63, 3.8) is 0 Å². The largest absolute Gasteiger partial charge is 0.508 e. The molecular formula is C17H16ClN3O3. The molecule has 0 spiro atoms. The van der Waals surface area contributed by atoms with Gasteiger partial charge >= 0.3 is 0 Å². The van der Waals surface area contributed by atoms with Crippen LogP contribution in [0.3, 0.4) is 0 Å². The van der Waals surface area contributed by atoms with Crippen LogP contribution in [0.25, 0.3) is 0 Å². The van der Waals surface area contributed by atoms with Crippen molar-refractivity contribution in [2.24, 2.45) is 5.10 Å². The Hall–Kier alpha value is -2.86. The van der Waals surface area contributed by atoms with E-state index in [0.29, 0.717) is 16.4 Å². The molecule has 2 aromatic rings. The second-order valence-electron chi connectivity index (χ2n) is 5.07. The van der Waals surface area contributed by atoms with Gasteiger partial charge in [-0.3, -0.25) is 9.59 Å². The Labute approximate surface area is 144 Å². The number of rotatable bonds is 5. The molecule has 0 saturated heterocycles. The Morgan fingerprint density at radius 1 is 1.17 bits per heavy atom. The Balaban J connectivity index is 1.89. The Kier molecular flexibility index (Phi) is 5.92. The van der Waals surface area contributed by atoms with Crippen molar-refractivity contribution in [3.8, 4) is 5.75 Å². The summed E-state index contributed by atoms with van der Waals surface area (Å²) in [5, 5.41) is 16.4. The van der Waals surface area contributed by atoms with Crippen LogP contribution < -0.4 is 10.7 Å². The van der Waals surface area contributed by atoms with E-state index in [1.807, 2.05) is 0 Å². The number of nitrogens with zero attached hydrogens (tertiary/aromatic N) is 1. The number of hydrazone groups is 1. The van der Waals surface area contributed by atoms with Crippen molar-refractivity contribution in [3.05, 3.63) is 59.1 Å². The van der Waals surface area contributed by atoms with Gasteiger partial charge in [-0.15, -0.1) is 0 Å². The number of halogens is 1. The molecule has 0 aromatic heterocycles. The average Bonchev–Trinajstić information content (AvgIpc) is 2.52. The van der Waals surface area contributed by atoms with Gasteiger partial charge in [-0.25, -0.2) is 5.43 Å². The lowest BCUT2D eigenvalue weighted by atomic mass is 10.2. The molecule has 2 amide bonds. The third-order valence-electron chi connectivity index (χ3n) is 2.98. The zero-order valence-electron chi connectivity index (χ0n) is 12.9. The number of anilines is 1. The summed E-state index contributed by atoms with van der Waals surface area (Å²) in [6, 6.07) is 12.7. The third kappa shape index (κ3) is 5.40. The molecule has 0 atom stereocenters. The first-order chi connectivity index (χ1) is 11.4. The Morgan fingerprint density at radius 3 is 2.62 bits per heavy atom. The van der Waals surface area contributed by atoms with Crippen molar-refractivity contribution < 1.29 is 14.7 Å². The van der Waals surface area contributed by atoms with Crippen LogP contribution in [0.15, 0.2) is 53.6 Å². The fourth-order valence-corrected chi connectivity index (χ4v) is 2.09. The number of benzene rings is 2. The van der Waals surface area contributed by atoms with Crippen molar-refractivity contribution in [1.29, 1.82) is 0 Å². The number of phenolic OH excluding ortho intramolecular Hbond substituents is 1. The van der Waals surface area contributed by atoms with Gasteiger partial charge < -0.3 is 10.4 Å². The van der Waals surface area contributed by atoms with Crippen LogP contribution in [0.2, 0.25) is 5.02 Å². The van der Waals surface area contributed by atoms with Crippen molar-refractivity contribution >= 4 is 34.8 Å². The van der Waals surface area contributed by atoms with Gasteiger partial charge in [0, 0.05) is 22.0 Å². The monoisotopic (exact) mass is 345 g/mol. The summed E-state index contributed by atoms with van der Waals surface area (Å²) in [5.41, 5.74) is 3.63. The van der Waals surface area contributed by atoms with Crippen LogP contribution in [0.1, 0.15) is 23.7 Å². The number of carbonyl (C=O) groups excluding carboxylic acids is 2. The lowest BCUT2D eigenvalue weighted by Crippen LogP contribution is -2.21. The van der Waals surface area contributed by atoms with Crippen LogP contribution in [0, 0.1) is 0 Å². The molecule has 0 aliphatic rings. The lowest BCUT2D eigenvalue weighted by Gasteiger charge is -2.06. The van der Waals surface area contributed by atoms with Gasteiger partial charge in [0.05, 0.1) is 6.42 Å². The molecule has 0 heterocycles. The van der Waals surface area contributed by atoms with E-state index in [1.54, 1.807) is 43.3 Å². The predicted octanol–water partition coefficient (Wildman–Crippen LogP) is 3.18. The number of aromatic hydroxyl groups is 1. The normalized spacial score (nSPS) is 11.0. The Morgan fingerprint density at radius 2 is 1.92 bits per heavy atom. The van der Waals surface area contributed by atoms with Gasteiger partial charge in [0.1, 0.15) is 5.75 Å². The molecule has 7 heteroatoms. The molecule has 2 aromatic carbocycles. The molecule has 6 nitrogen and oxygen atoms in total. The second kappa shape index (κ2) is 8.12. The number of nitrogens with one attached hydrogen (secondary N) is 2. The highest BCUT2D eigenvalue weighted by atomic mass is 35.5. The molecule has 0 radical (unpaired) electrons. The van der Waals surface area contributed by atoms with Gasteiger partial charge in [-0.05, 0) is 43.3 Å². The summed E-state index contributed by atoms with van der Waals surface area (Å²) < 4.78 is 0. The van der Waals surface area contributed by atoms with Gasteiger partial charge in [-0.1, -0.05) is 23.7 Å². The summed E-state index contributed by atoms with van der Waals surface area (Å²) in [6.07, 6.45) is 0.0207. The van der Waals surface area contributed by atoms with Crippen LogP contribution in [-0.2, 0) is 4.79 Å². The molecule has 0 aliphatic carbocycles. The fourth-order valence-electron chi connectivity index (χ4n) is 1.90. The molecular weight excluding hydrogens is 330 g/mol. The van der Waals surface area contributed by atoms with Gasteiger partial charge in [0.15, 0.2) is 0 Å². The van der Waals surface area contributed by atoms with Crippen LogP contribution in [0.4, 0.5) is 5.69 Å². The number of hydrogen-bond donors (Lipinski definition) is 3. The zero-order chi connectivity index (χ0) is 17.5. The third-order valence-corrected chi connectivity index (χ3v) is 3.22. The highest BCUT2D eigenvalue weighted by molar-refractivity contribution is 6.30. The molecule has 0 fully saturated rings. The Bertz CT molecular complexity index is 790. The first-order valence-corrected chi connectivity index (χ1v) is 7.50. The first-order valence-electron chi connectivity index (χ1n) is 7.12. The maximum Gasteiger partial charge on any atom is 0.271 e. The molecule has 24 heavy (non-hydrogen) atoms. The number of amides is 2. The maximum atomic E-state index is 11.9. The first kappa shape index (κ1) is 17.5. The molecule has 0 unspecified atom stereocenters. The number of phenols is 1.